The van der Waals surface area contributed by atoms with Crippen LogP contribution in [0.25, 0.3) is 0 Å². The Hall–Kier alpha value is -1.68. The van der Waals surface area contributed by atoms with Gasteiger partial charge in [0.05, 0.1) is 30.5 Å². The van der Waals surface area contributed by atoms with Gasteiger partial charge in [-0.25, -0.2) is 9.97 Å². The standard InChI is InChI=1S/C25H39N3O3/c1-24(2,3)18-29-21-16-22(17-21)31-20-10-13-28(14-11-20)23-26-12-9-19(27-23)8-7-15-30-25(4,5)6/h9,12,20-22H,10-11,13-18H2,1-6H3. The van der Waals surface area contributed by atoms with Crippen LogP contribution in [0, 0.1) is 17.3 Å². The normalized spacial score (nSPS) is 22.6. The van der Waals surface area contributed by atoms with E-state index in [1.807, 2.05) is 26.8 Å². The predicted molar refractivity (Wildman–Crippen MR) is 123 cm³/mol. The van der Waals surface area contributed by atoms with Gasteiger partial charge in [0.15, 0.2) is 0 Å². The monoisotopic (exact) mass is 429 g/mol. The van der Waals surface area contributed by atoms with Crippen LogP contribution in [0.5, 0.6) is 0 Å². The molecule has 0 radical (unpaired) electrons. The van der Waals surface area contributed by atoms with E-state index in [2.05, 4.69) is 47.5 Å². The zero-order valence-corrected chi connectivity index (χ0v) is 20.1. The number of hydrogen-bond acceptors (Lipinski definition) is 6. The lowest BCUT2D eigenvalue weighted by atomic mass is 9.90. The molecular formula is C25H39N3O3. The van der Waals surface area contributed by atoms with Crippen molar-refractivity contribution in [3.05, 3.63) is 18.0 Å². The summed E-state index contributed by atoms with van der Waals surface area (Å²) in [5, 5.41) is 0. The summed E-state index contributed by atoms with van der Waals surface area (Å²) in [7, 11) is 0. The number of ether oxygens (including phenoxy) is 3. The number of hydrogen-bond donors (Lipinski definition) is 0. The molecule has 1 saturated carbocycles. The molecule has 0 spiro atoms. The number of rotatable bonds is 6. The highest BCUT2D eigenvalue weighted by Gasteiger charge is 2.34. The van der Waals surface area contributed by atoms with Crippen molar-refractivity contribution in [2.45, 2.75) is 91.1 Å². The van der Waals surface area contributed by atoms with Crippen LogP contribution in [0.4, 0.5) is 5.95 Å². The Labute approximate surface area is 188 Å². The molecule has 0 N–H and O–H groups in total. The van der Waals surface area contributed by atoms with E-state index in [0.29, 0.717) is 24.9 Å². The van der Waals surface area contributed by atoms with Gasteiger partial charge < -0.3 is 19.1 Å². The average Bonchev–Trinajstić information content (AvgIpc) is 2.66. The lowest BCUT2D eigenvalue weighted by Crippen LogP contribution is -2.44. The quantitative estimate of drug-likeness (QED) is 0.631. The van der Waals surface area contributed by atoms with E-state index in [4.69, 9.17) is 14.2 Å². The minimum atomic E-state index is -0.183. The summed E-state index contributed by atoms with van der Waals surface area (Å²) in [6.07, 6.45) is 6.89. The Bertz CT molecular complexity index is 759. The van der Waals surface area contributed by atoms with Crippen molar-refractivity contribution in [2.75, 3.05) is 31.2 Å². The molecule has 1 aromatic heterocycles. The number of anilines is 1. The van der Waals surface area contributed by atoms with Gasteiger partial charge in [-0.05, 0) is 63.9 Å². The minimum Gasteiger partial charge on any atom is -0.377 e. The fourth-order valence-electron chi connectivity index (χ4n) is 3.55. The lowest BCUT2D eigenvalue weighted by molar-refractivity contribution is -0.138. The highest BCUT2D eigenvalue weighted by atomic mass is 16.5. The van der Waals surface area contributed by atoms with Crippen molar-refractivity contribution in [2.24, 2.45) is 5.41 Å². The van der Waals surface area contributed by atoms with Crippen molar-refractivity contribution in [1.29, 1.82) is 0 Å². The molecule has 0 unspecified atom stereocenters. The molecule has 2 heterocycles. The summed E-state index contributed by atoms with van der Waals surface area (Å²) >= 11 is 0. The van der Waals surface area contributed by atoms with Crippen molar-refractivity contribution >= 4 is 5.95 Å². The van der Waals surface area contributed by atoms with Gasteiger partial charge in [0.2, 0.25) is 5.95 Å². The first-order valence-electron chi connectivity index (χ1n) is 11.6. The zero-order chi connectivity index (χ0) is 22.5. The van der Waals surface area contributed by atoms with Gasteiger partial charge in [-0.1, -0.05) is 26.7 Å². The van der Waals surface area contributed by atoms with E-state index in [0.717, 1.165) is 57.0 Å². The van der Waals surface area contributed by atoms with Crippen LogP contribution in [0.2, 0.25) is 0 Å². The van der Waals surface area contributed by atoms with Crippen LogP contribution in [0.1, 0.15) is 72.9 Å². The van der Waals surface area contributed by atoms with Crippen molar-refractivity contribution in [1.82, 2.24) is 9.97 Å². The molecular weight excluding hydrogens is 390 g/mol. The van der Waals surface area contributed by atoms with E-state index in [-0.39, 0.29) is 11.0 Å². The molecule has 2 aliphatic rings. The summed E-state index contributed by atoms with van der Waals surface area (Å²) < 4.78 is 17.9. The van der Waals surface area contributed by atoms with Crippen LogP contribution < -0.4 is 4.90 Å². The summed E-state index contributed by atoms with van der Waals surface area (Å²) in [6.45, 7) is 15.7. The largest absolute Gasteiger partial charge is 0.377 e. The van der Waals surface area contributed by atoms with Crippen LogP contribution >= 0.6 is 0 Å². The first-order valence-corrected chi connectivity index (χ1v) is 11.6. The van der Waals surface area contributed by atoms with Crippen molar-refractivity contribution in [3.63, 3.8) is 0 Å². The minimum absolute atomic E-state index is 0.183. The SMILES string of the molecule is CC(C)(C)COC1CC(OC2CCN(c3nccc(C#CCOC(C)(C)C)n3)CC2)C1. The van der Waals surface area contributed by atoms with E-state index in [9.17, 15) is 0 Å². The van der Waals surface area contributed by atoms with Gasteiger partial charge in [0.1, 0.15) is 12.3 Å². The van der Waals surface area contributed by atoms with E-state index in [1.54, 1.807) is 6.20 Å². The lowest BCUT2D eigenvalue weighted by Gasteiger charge is -2.40. The molecule has 6 heteroatoms. The van der Waals surface area contributed by atoms with Crippen LogP contribution in [0.3, 0.4) is 0 Å². The molecule has 1 aliphatic carbocycles. The Balaban J connectivity index is 1.39. The molecule has 6 nitrogen and oxygen atoms in total. The molecule has 1 saturated heterocycles. The summed E-state index contributed by atoms with van der Waals surface area (Å²) in [5.74, 6) is 6.87. The molecule has 172 valence electrons. The maximum absolute atomic E-state index is 6.31. The second-order valence-electron chi connectivity index (χ2n) is 10.9. The third kappa shape index (κ3) is 8.40. The topological polar surface area (TPSA) is 56.7 Å². The molecule has 1 aromatic rings. The second-order valence-corrected chi connectivity index (χ2v) is 10.9. The Morgan fingerprint density at radius 2 is 1.74 bits per heavy atom. The van der Waals surface area contributed by atoms with Crippen LogP contribution in [-0.2, 0) is 14.2 Å². The summed E-state index contributed by atoms with van der Waals surface area (Å²) in [4.78, 5) is 11.3. The van der Waals surface area contributed by atoms with Gasteiger partial charge in [-0.2, -0.15) is 0 Å². The first-order chi connectivity index (χ1) is 14.6. The molecule has 0 aromatic carbocycles. The van der Waals surface area contributed by atoms with Crippen molar-refractivity contribution < 1.29 is 14.2 Å². The van der Waals surface area contributed by atoms with E-state index < -0.39 is 0 Å². The number of piperidine rings is 1. The van der Waals surface area contributed by atoms with Gasteiger partial charge in [0.25, 0.3) is 0 Å². The molecule has 2 fully saturated rings. The number of nitrogens with zero attached hydrogens (tertiary/aromatic N) is 3. The van der Waals surface area contributed by atoms with Gasteiger partial charge in [0, 0.05) is 19.3 Å². The van der Waals surface area contributed by atoms with Crippen LogP contribution in [0.15, 0.2) is 12.3 Å². The molecule has 0 bridgehead atoms. The summed E-state index contributed by atoms with van der Waals surface area (Å²) in [5.41, 5.74) is 0.776. The first kappa shape index (κ1) is 24.0. The predicted octanol–water partition coefficient (Wildman–Crippen LogP) is 4.22. The molecule has 31 heavy (non-hydrogen) atoms. The highest BCUT2D eigenvalue weighted by Crippen LogP contribution is 2.31. The second kappa shape index (κ2) is 10.3. The molecule has 3 rings (SSSR count). The molecule has 0 amide bonds. The fraction of sp³-hybridized carbons (Fsp3) is 0.760. The van der Waals surface area contributed by atoms with E-state index in [1.165, 1.54) is 0 Å². The summed E-state index contributed by atoms with van der Waals surface area (Å²) in [6, 6.07) is 1.85. The Morgan fingerprint density at radius 3 is 2.39 bits per heavy atom. The Kier molecular flexibility index (Phi) is 7.96. The fourth-order valence-corrected chi connectivity index (χ4v) is 3.55. The van der Waals surface area contributed by atoms with Gasteiger partial charge >= 0.3 is 0 Å². The average molecular weight is 430 g/mol. The third-order valence-electron chi connectivity index (χ3n) is 5.35. The Morgan fingerprint density at radius 1 is 1.03 bits per heavy atom. The van der Waals surface area contributed by atoms with Gasteiger partial charge in [-0.3, -0.25) is 0 Å². The third-order valence-corrected chi connectivity index (χ3v) is 5.35. The molecule has 1 aliphatic heterocycles. The maximum atomic E-state index is 6.31. The molecule has 0 atom stereocenters. The van der Waals surface area contributed by atoms with E-state index >= 15 is 0 Å². The number of aromatic nitrogens is 2. The zero-order valence-electron chi connectivity index (χ0n) is 20.1. The highest BCUT2D eigenvalue weighted by molar-refractivity contribution is 5.36. The van der Waals surface area contributed by atoms with Crippen molar-refractivity contribution in [3.8, 4) is 11.8 Å². The van der Waals surface area contributed by atoms with Crippen LogP contribution in [-0.4, -0.2) is 60.2 Å². The maximum Gasteiger partial charge on any atom is 0.226 e. The van der Waals surface area contributed by atoms with Gasteiger partial charge in [-0.15, -0.1) is 0 Å². The smallest absolute Gasteiger partial charge is 0.226 e.